The summed E-state index contributed by atoms with van der Waals surface area (Å²) in [5, 5.41) is 2.85. The second kappa shape index (κ2) is 6.59. The van der Waals surface area contributed by atoms with Crippen LogP contribution in [0.15, 0.2) is 0 Å². The van der Waals surface area contributed by atoms with Crippen molar-refractivity contribution in [3.8, 4) is 0 Å². The molecule has 1 saturated heterocycles. The first-order chi connectivity index (χ1) is 8.10. The first-order valence-electron chi connectivity index (χ1n) is 6.40. The highest BCUT2D eigenvalue weighted by atomic mass is 16.2. The Morgan fingerprint density at radius 3 is 2.76 bits per heavy atom. The lowest BCUT2D eigenvalue weighted by Gasteiger charge is -2.35. The predicted octanol–water partition coefficient (Wildman–Crippen LogP) is 0.241. The number of nitrogens with two attached hydrogens (primary N) is 1. The van der Waals surface area contributed by atoms with E-state index in [1.54, 1.807) is 4.90 Å². The lowest BCUT2D eigenvalue weighted by molar-refractivity contribution is -0.142. The number of piperidine rings is 1. The topological polar surface area (TPSA) is 75.4 Å². The Bertz CT molecular complexity index is 281. The van der Waals surface area contributed by atoms with Gasteiger partial charge in [0.2, 0.25) is 11.8 Å². The number of amides is 2. The Morgan fingerprint density at radius 1 is 1.47 bits per heavy atom. The van der Waals surface area contributed by atoms with E-state index in [0.717, 1.165) is 19.3 Å². The molecule has 2 atom stereocenters. The third-order valence-corrected chi connectivity index (χ3v) is 3.17. The maximum atomic E-state index is 12.0. The summed E-state index contributed by atoms with van der Waals surface area (Å²) in [7, 11) is 0. The lowest BCUT2D eigenvalue weighted by Crippen LogP contribution is -2.54. The Balaban J connectivity index is 2.64. The molecule has 1 aliphatic heterocycles. The Labute approximate surface area is 103 Å². The summed E-state index contributed by atoms with van der Waals surface area (Å²) in [5.41, 5.74) is 5.48. The molecule has 0 aromatic rings. The van der Waals surface area contributed by atoms with E-state index in [1.165, 1.54) is 0 Å². The van der Waals surface area contributed by atoms with Crippen LogP contribution in [0.5, 0.6) is 0 Å². The summed E-state index contributed by atoms with van der Waals surface area (Å²) >= 11 is 0. The molecule has 1 aliphatic rings. The van der Waals surface area contributed by atoms with Crippen molar-refractivity contribution in [1.82, 2.24) is 10.2 Å². The summed E-state index contributed by atoms with van der Waals surface area (Å²) < 4.78 is 0. The molecular formula is C12H23N3O2. The van der Waals surface area contributed by atoms with Crippen molar-refractivity contribution in [3.63, 3.8) is 0 Å². The number of hydrogen-bond donors (Lipinski definition) is 2. The van der Waals surface area contributed by atoms with Crippen LogP contribution in [0.25, 0.3) is 0 Å². The van der Waals surface area contributed by atoms with E-state index in [9.17, 15) is 9.59 Å². The normalized spacial score (nSPS) is 22.1. The van der Waals surface area contributed by atoms with Gasteiger partial charge in [0.15, 0.2) is 0 Å². The molecule has 1 heterocycles. The highest BCUT2D eigenvalue weighted by Crippen LogP contribution is 2.18. The van der Waals surface area contributed by atoms with Crippen molar-refractivity contribution in [2.45, 2.75) is 51.6 Å². The van der Waals surface area contributed by atoms with Crippen LogP contribution in [0.1, 0.15) is 39.5 Å². The van der Waals surface area contributed by atoms with Crippen molar-refractivity contribution < 1.29 is 9.59 Å². The minimum atomic E-state index is -0.301. The monoisotopic (exact) mass is 241 g/mol. The van der Waals surface area contributed by atoms with Gasteiger partial charge in [-0.2, -0.15) is 0 Å². The van der Waals surface area contributed by atoms with Crippen LogP contribution in [0.4, 0.5) is 0 Å². The second-order valence-corrected chi connectivity index (χ2v) is 4.60. The molecule has 1 fully saturated rings. The maximum absolute atomic E-state index is 12.0. The van der Waals surface area contributed by atoms with Gasteiger partial charge in [0.25, 0.3) is 0 Å². The third-order valence-electron chi connectivity index (χ3n) is 3.17. The molecule has 0 radical (unpaired) electrons. The van der Waals surface area contributed by atoms with Crippen LogP contribution in [-0.2, 0) is 9.59 Å². The van der Waals surface area contributed by atoms with E-state index in [-0.39, 0.29) is 23.9 Å². The minimum Gasteiger partial charge on any atom is -0.351 e. The summed E-state index contributed by atoms with van der Waals surface area (Å²) in [6, 6.07) is -0.340. The van der Waals surface area contributed by atoms with E-state index >= 15 is 0 Å². The molecule has 98 valence electrons. The van der Waals surface area contributed by atoms with Crippen LogP contribution in [-0.4, -0.2) is 41.9 Å². The van der Waals surface area contributed by atoms with Gasteiger partial charge >= 0.3 is 0 Å². The zero-order chi connectivity index (χ0) is 12.8. The van der Waals surface area contributed by atoms with Gasteiger partial charge in [-0.25, -0.2) is 0 Å². The zero-order valence-corrected chi connectivity index (χ0v) is 10.7. The van der Waals surface area contributed by atoms with E-state index < -0.39 is 0 Å². The molecule has 0 bridgehead atoms. The number of rotatable bonds is 4. The summed E-state index contributed by atoms with van der Waals surface area (Å²) in [6.07, 6.45) is 3.20. The Hall–Kier alpha value is -1.10. The van der Waals surface area contributed by atoms with Crippen LogP contribution in [0.2, 0.25) is 0 Å². The fourth-order valence-electron chi connectivity index (χ4n) is 2.10. The number of likely N-dealkylation sites (tertiary alicyclic amines) is 1. The molecule has 2 amide bonds. The van der Waals surface area contributed by atoms with Crippen LogP contribution in [0.3, 0.4) is 0 Å². The molecule has 3 N–H and O–H groups in total. The molecule has 0 spiro atoms. The highest BCUT2D eigenvalue weighted by Gasteiger charge is 2.31. The molecule has 0 aromatic carbocycles. The zero-order valence-electron chi connectivity index (χ0n) is 10.7. The van der Waals surface area contributed by atoms with Gasteiger partial charge in [-0.15, -0.1) is 0 Å². The van der Waals surface area contributed by atoms with Crippen molar-refractivity contribution in [2.75, 3.05) is 13.1 Å². The van der Waals surface area contributed by atoms with Crippen LogP contribution in [0, 0.1) is 0 Å². The summed E-state index contributed by atoms with van der Waals surface area (Å²) in [6.45, 7) is 4.81. The molecule has 1 unspecified atom stereocenters. The quantitative estimate of drug-likeness (QED) is 0.740. The second-order valence-electron chi connectivity index (χ2n) is 4.60. The molecule has 0 saturated carbocycles. The molecule has 0 aromatic heterocycles. The van der Waals surface area contributed by atoms with Gasteiger partial charge in [-0.1, -0.05) is 6.92 Å². The lowest BCUT2D eigenvalue weighted by atomic mass is 10.0. The Kier molecular flexibility index (Phi) is 5.41. The smallest absolute Gasteiger partial charge is 0.243 e. The SMILES string of the molecule is CCC(=O)N1CCCCC1C(=O)N[C@@H](C)CN. The van der Waals surface area contributed by atoms with E-state index in [1.807, 2.05) is 13.8 Å². The van der Waals surface area contributed by atoms with Crippen LogP contribution >= 0.6 is 0 Å². The van der Waals surface area contributed by atoms with Crippen LogP contribution < -0.4 is 11.1 Å². The van der Waals surface area contributed by atoms with Gasteiger partial charge in [-0.3, -0.25) is 9.59 Å². The standard InChI is InChI=1S/C12H23N3O2/c1-3-11(16)15-7-5-4-6-10(15)12(17)14-9(2)8-13/h9-10H,3-8,13H2,1-2H3,(H,14,17)/t9-,10?/m0/s1. The van der Waals surface area contributed by atoms with E-state index in [4.69, 9.17) is 5.73 Å². The fourth-order valence-corrected chi connectivity index (χ4v) is 2.10. The van der Waals surface area contributed by atoms with Crippen molar-refractivity contribution >= 4 is 11.8 Å². The molecule has 0 aliphatic carbocycles. The van der Waals surface area contributed by atoms with Gasteiger partial charge < -0.3 is 16.0 Å². The molecule has 17 heavy (non-hydrogen) atoms. The number of nitrogens with zero attached hydrogens (tertiary/aromatic N) is 1. The first kappa shape index (κ1) is 14.0. The van der Waals surface area contributed by atoms with Gasteiger partial charge in [0.1, 0.15) is 6.04 Å². The number of carbonyl (C=O) groups is 2. The number of carbonyl (C=O) groups excluding carboxylic acids is 2. The largest absolute Gasteiger partial charge is 0.351 e. The molecular weight excluding hydrogens is 218 g/mol. The van der Waals surface area contributed by atoms with Gasteiger partial charge in [0.05, 0.1) is 0 Å². The number of hydrogen-bond acceptors (Lipinski definition) is 3. The van der Waals surface area contributed by atoms with Crippen molar-refractivity contribution in [2.24, 2.45) is 5.73 Å². The Morgan fingerprint density at radius 2 is 2.18 bits per heavy atom. The molecule has 5 nitrogen and oxygen atoms in total. The predicted molar refractivity (Wildman–Crippen MR) is 66.3 cm³/mol. The average molecular weight is 241 g/mol. The summed E-state index contributed by atoms with van der Waals surface area (Å²) in [4.78, 5) is 25.5. The van der Waals surface area contributed by atoms with Gasteiger partial charge in [-0.05, 0) is 26.2 Å². The summed E-state index contributed by atoms with van der Waals surface area (Å²) in [5.74, 6) is -0.00491. The molecule has 1 rings (SSSR count). The average Bonchev–Trinajstić information content (AvgIpc) is 2.37. The number of nitrogens with one attached hydrogen (secondary N) is 1. The molecule has 5 heteroatoms. The van der Waals surface area contributed by atoms with Gasteiger partial charge in [0, 0.05) is 25.6 Å². The van der Waals surface area contributed by atoms with E-state index in [2.05, 4.69) is 5.32 Å². The highest BCUT2D eigenvalue weighted by molar-refractivity contribution is 5.87. The maximum Gasteiger partial charge on any atom is 0.243 e. The minimum absolute atomic E-state index is 0.0389. The fraction of sp³-hybridized carbons (Fsp3) is 0.833. The third kappa shape index (κ3) is 3.70. The van der Waals surface area contributed by atoms with Crippen molar-refractivity contribution in [3.05, 3.63) is 0 Å². The van der Waals surface area contributed by atoms with Crippen molar-refractivity contribution in [1.29, 1.82) is 0 Å². The van der Waals surface area contributed by atoms with E-state index in [0.29, 0.717) is 19.5 Å². The first-order valence-corrected chi connectivity index (χ1v) is 6.40.